The van der Waals surface area contributed by atoms with Crippen LogP contribution in [0.3, 0.4) is 0 Å². The topological polar surface area (TPSA) is 84.4 Å². The van der Waals surface area contributed by atoms with Crippen LogP contribution in [0, 0.1) is 0 Å². The highest BCUT2D eigenvalue weighted by Gasteiger charge is 2.38. The molecular formula is C12H24N2O3S. The first-order chi connectivity index (χ1) is 8.12. The van der Waals surface area contributed by atoms with Gasteiger partial charge in [0.25, 0.3) is 0 Å². The molecule has 106 valence electrons. The molecule has 0 spiro atoms. The third-order valence-corrected chi connectivity index (χ3v) is 5.10. The Morgan fingerprint density at radius 1 is 1.39 bits per heavy atom. The zero-order valence-corrected chi connectivity index (χ0v) is 12.4. The molecule has 5 nitrogen and oxygen atoms in total. The lowest BCUT2D eigenvalue weighted by Crippen LogP contribution is -2.54. The molecule has 1 aliphatic carbocycles. The van der Waals surface area contributed by atoms with Gasteiger partial charge in [-0.1, -0.05) is 0 Å². The van der Waals surface area contributed by atoms with Gasteiger partial charge in [0.1, 0.15) is 4.75 Å². The third-order valence-electron chi connectivity index (χ3n) is 3.31. The van der Waals surface area contributed by atoms with Crippen molar-refractivity contribution in [2.75, 3.05) is 0 Å². The molecule has 0 saturated heterocycles. The van der Waals surface area contributed by atoms with Crippen molar-refractivity contribution in [1.29, 1.82) is 0 Å². The molecule has 0 radical (unpaired) electrons. The average molecular weight is 276 g/mol. The molecule has 1 aliphatic rings. The minimum atomic E-state index is -1.08. The molecule has 0 aromatic rings. The van der Waals surface area contributed by atoms with Gasteiger partial charge in [-0.05, 0) is 53.4 Å². The lowest BCUT2D eigenvalue weighted by atomic mass is 9.82. The van der Waals surface area contributed by atoms with Crippen LogP contribution in [0.1, 0.15) is 53.4 Å². The van der Waals surface area contributed by atoms with E-state index in [0.29, 0.717) is 0 Å². The van der Waals surface area contributed by atoms with Crippen LogP contribution in [0.25, 0.3) is 0 Å². The van der Waals surface area contributed by atoms with E-state index < -0.39 is 17.5 Å². The summed E-state index contributed by atoms with van der Waals surface area (Å²) in [4.78, 5) is 10.6. The number of amides is 1. The number of hydrogen-bond donors (Lipinski definition) is 3. The minimum absolute atomic E-state index is 0.0282. The standard InChI is InChI=1S/C12H24N2O3S/c1-11(2,3)18(17)14-12(4)7-5-9(6-8-12)13-10(15)16/h9,13-14H,5-8H2,1-4H3,(H,15,16). The summed E-state index contributed by atoms with van der Waals surface area (Å²) >= 11 is -1.08. The molecule has 0 heterocycles. The van der Waals surface area contributed by atoms with E-state index in [4.69, 9.17) is 5.11 Å². The third kappa shape index (κ3) is 4.66. The molecule has 6 heteroatoms. The van der Waals surface area contributed by atoms with Gasteiger partial charge < -0.3 is 15.0 Å². The second kappa shape index (κ2) is 5.67. The summed E-state index contributed by atoms with van der Waals surface area (Å²) in [6.07, 6.45) is 2.28. The highest BCUT2D eigenvalue weighted by atomic mass is 32.2. The molecule has 1 rings (SSSR count). The van der Waals surface area contributed by atoms with E-state index in [1.54, 1.807) is 0 Å². The predicted octanol–water partition coefficient (Wildman–Crippen LogP) is 2.01. The molecular weight excluding hydrogens is 252 g/mol. The lowest BCUT2D eigenvalue weighted by molar-refractivity contribution is 0.178. The molecule has 0 aliphatic heterocycles. The Morgan fingerprint density at radius 2 is 1.89 bits per heavy atom. The van der Waals surface area contributed by atoms with Gasteiger partial charge in [0.15, 0.2) is 0 Å². The van der Waals surface area contributed by atoms with Gasteiger partial charge in [-0.15, -0.1) is 4.72 Å². The maximum atomic E-state index is 12.1. The van der Waals surface area contributed by atoms with E-state index >= 15 is 0 Å². The Morgan fingerprint density at radius 3 is 2.28 bits per heavy atom. The number of rotatable bonds is 3. The molecule has 0 bridgehead atoms. The molecule has 0 aromatic carbocycles. The first-order valence-corrected chi connectivity index (χ1v) is 7.46. The average Bonchev–Trinajstić information content (AvgIpc) is 2.19. The summed E-state index contributed by atoms with van der Waals surface area (Å²) in [5.41, 5.74) is -0.158. The second-order valence-corrected chi connectivity index (χ2v) is 8.23. The van der Waals surface area contributed by atoms with Crippen LogP contribution >= 0.6 is 0 Å². The van der Waals surface area contributed by atoms with Crippen LogP contribution in [-0.4, -0.2) is 32.1 Å². The van der Waals surface area contributed by atoms with E-state index in [1.165, 1.54) is 0 Å². The van der Waals surface area contributed by atoms with Crippen LogP contribution in [0.4, 0.5) is 4.79 Å². The normalized spacial score (nSPS) is 30.8. The van der Waals surface area contributed by atoms with E-state index in [-0.39, 0.29) is 16.3 Å². The van der Waals surface area contributed by atoms with E-state index in [9.17, 15) is 9.35 Å². The minimum Gasteiger partial charge on any atom is -0.598 e. The smallest absolute Gasteiger partial charge is 0.404 e. The van der Waals surface area contributed by atoms with Crippen molar-refractivity contribution >= 4 is 17.5 Å². The second-order valence-electron chi connectivity index (χ2n) is 6.27. The summed E-state index contributed by atoms with van der Waals surface area (Å²) in [7, 11) is 0. The fourth-order valence-electron chi connectivity index (χ4n) is 2.05. The quantitative estimate of drug-likeness (QED) is 0.688. The molecule has 0 aromatic heterocycles. The van der Waals surface area contributed by atoms with E-state index in [0.717, 1.165) is 25.7 Å². The zero-order valence-electron chi connectivity index (χ0n) is 11.6. The predicted molar refractivity (Wildman–Crippen MR) is 72.9 cm³/mol. The van der Waals surface area contributed by atoms with Crippen molar-refractivity contribution in [2.45, 2.75) is 69.7 Å². The zero-order chi connectivity index (χ0) is 14.0. The Hall–Kier alpha value is -0.460. The van der Waals surface area contributed by atoms with Crippen molar-refractivity contribution in [3.8, 4) is 0 Å². The fourth-order valence-corrected chi connectivity index (χ4v) is 3.01. The largest absolute Gasteiger partial charge is 0.598 e. The fraction of sp³-hybridized carbons (Fsp3) is 0.917. The highest BCUT2D eigenvalue weighted by Crippen LogP contribution is 2.30. The number of nitrogens with one attached hydrogen (secondary N) is 2. The molecule has 1 atom stereocenters. The lowest BCUT2D eigenvalue weighted by Gasteiger charge is -2.39. The maximum absolute atomic E-state index is 12.1. The van der Waals surface area contributed by atoms with Crippen molar-refractivity contribution in [2.24, 2.45) is 0 Å². The number of hydrogen-bond acceptors (Lipinski definition) is 3. The van der Waals surface area contributed by atoms with Gasteiger partial charge in [0.2, 0.25) is 0 Å². The summed E-state index contributed by atoms with van der Waals surface area (Å²) in [6, 6.07) is 0.0282. The van der Waals surface area contributed by atoms with Crippen LogP contribution in [0.2, 0.25) is 0 Å². The molecule has 1 saturated carbocycles. The Bertz CT molecular complexity index is 296. The van der Waals surface area contributed by atoms with Crippen LogP contribution in [-0.2, 0) is 11.4 Å². The Balaban J connectivity index is 2.47. The number of carbonyl (C=O) groups is 1. The van der Waals surface area contributed by atoms with Gasteiger partial charge >= 0.3 is 6.09 Å². The van der Waals surface area contributed by atoms with Crippen LogP contribution in [0.5, 0.6) is 0 Å². The molecule has 1 fully saturated rings. The molecule has 3 N–H and O–H groups in total. The van der Waals surface area contributed by atoms with Crippen molar-refractivity contribution in [1.82, 2.24) is 10.0 Å². The van der Waals surface area contributed by atoms with Crippen molar-refractivity contribution < 1.29 is 14.5 Å². The first-order valence-electron chi connectivity index (χ1n) is 6.31. The maximum Gasteiger partial charge on any atom is 0.404 e. The summed E-state index contributed by atoms with van der Waals surface area (Å²) in [6.45, 7) is 7.89. The first kappa shape index (κ1) is 15.6. The summed E-state index contributed by atoms with van der Waals surface area (Å²) in [5, 5.41) is 11.2. The Labute approximate surface area is 112 Å². The van der Waals surface area contributed by atoms with Gasteiger partial charge in [-0.25, -0.2) is 4.79 Å². The van der Waals surface area contributed by atoms with E-state index in [2.05, 4.69) is 17.0 Å². The van der Waals surface area contributed by atoms with Gasteiger partial charge in [-0.3, -0.25) is 0 Å². The SMILES string of the molecule is CC1(N[S+]([O-])C(C)(C)C)CCC(NC(=O)O)CC1. The van der Waals surface area contributed by atoms with E-state index in [1.807, 2.05) is 20.8 Å². The summed E-state index contributed by atoms with van der Waals surface area (Å²) < 4.78 is 15.0. The van der Waals surface area contributed by atoms with Crippen molar-refractivity contribution in [3.05, 3.63) is 0 Å². The van der Waals surface area contributed by atoms with Gasteiger partial charge in [0, 0.05) is 17.4 Å². The summed E-state index contributed by atoms with van der Waals surface area (Å²) in [5.74, 6) is 0. The molecule has 18 heavy (non-hydrogen) atoms. The molecule has 1 unspecified atom stereocenters. The van der Waals surface area contributed by atoms with Gasteiger partial charge in [-0.2, -0.15) is 0 Å². The Kier molecular flexibility index (Phi) is 4.91. The monoisotopic (exact) mass is 276 g/mol. The van der Waals surface area contributed by atoms with Crippen LogP contribution in [0.15, 0.2) is 0 Å². The number of carboxylic acid groups (broad SMARTS) is 1. The molecule has 1 amide bonds. The van der Waals surface area contributed by atoms with Crippen LogP contribution < -0.4 is 10.0 Å². The van der Waals surface area contributed by atoms with Gasteiger partial charge in [0.05, 0.1) is 5.54 Å². The van der Waals surface area contributed by atoms with Crippen molar-refractivity contribution in [3.63, 3.8) is 0 Å². The highest BCUT2D eigenvalue weighted by molar-refractivity contribution is 7.90.